The predicted octanol–water partition coefficient (Wildman–Crippen LogP) is 2.67. The van der Waals surface area contributed by atoms with E-state index in [1.54, 1.807) is 35.1 Å². The van der Waals surface area contributed by atoms with E-state index >= 15 is 0 Å². The highest BCUT2D eigenvalue weighted by atomic mass is 35.5. The van der Waals surface area contributed by atoms with Crippen molar-refractivity contribution in [1.29, 1.82) is 0 Å². The number of hydrogen-bond acceptors (Lipinski definition) is 3. The fourth-order valence-corrected chi connectivity index (χ4v) is 2.31. The molecule has 0 atom stereocenters. The van der Waals surface area contributed by atoms with Crippen molar-refractivity contribution in [2.75, 3.05) is 6.54 Å². The molecule has 0 unspecified atom stereocenters. The van der Waals surface area contributed by atoms with E-state index in [1.807, 2.05) is 6.92 Å². The number of hydrogen-bond donors (Lipinski definition) is 1. The number of aromatic nitrogens is 2. The maximum Gasteiger partial charge on any atom is 0.323 e. The minimum Gasteiger partial charge on any atom is -0.480 e. The third-order valence-corrected chi connectivity index (χ3v) is 3.48. The summed E-state index contributed by atoms with van der Waals surface area (Å²) in [7, 11) is 0. The van der Waals surface area contributed by atoms with Gasteiger partial charge in [-0.3, -0.25) is 14.3 Å². The second-order valence-corrected chi connectivity index (χ2v) is 5.61. The number of halogens is 1. The largest absolute Gasteiger partial charge is 0.480 e. The number of carbonyl (C=O) groups excluding carboxylic acids is 1. The molecular weight excluding hydrogens is 318 g/mol. The first-order chi connectivity index (χ1) is 11.0. The first-order valence-electron chi connectivity index (χ1n) is 7.27. The van der Waals surface area contributed by atoms with Crippen LogP contribution in [0.1, 0.15) is 29.3 Å². The van der Waals surface area contributed by atoms with Crippen LogP contribution in [0.5, 0.6) is 0 Å². The molecule has 0 bridgehead atoms. The number of rotatable bonds is 7. The summed E-state index contributed by atoms with van der Waals surface area (Å²) in [6, 6.07) is 6.95. The Balaban J connectivity index is 2.17. The summed E-state index contributed by atoms with van der Waals surface area (Å²) in [5, 5.41) is 13.8. The molecule has 2 rings (SSSR count). The Morgan fingerprint density at radius 3 is 2.61 bits per heavy atom. The highest BCUT2D eigenvalue weighted by Crippen LogP contribution is 2.13. The van der Waals surface area contributed by atoms with Gasteiger partial charge in [0.1, 0.15) is 6.54 Å². The van der Waals surface area contributed by atoms with E-state index < -0.39 is 5.97 Å². The lowest BCUT2D eigenvalue weighted by molar-refractivity contribution is -0.137. The fraction of sp³-hybridized carbons (Fsp3) is 0.312. The summed E-state index contributed by atoms with van der Waals surface area (Å²) in [5.74, 6) is -1.42. The van der Waals surface area contributed by atoms with Crippen LogP contribution < -0.4 is 0 Å². The van der Waals surface area contributed by atoms with Gasteiger partial charge in [-0.05, 0) is 24.1 Å². The van der Waals surface area contributed by atoms with Gasteiger partial charge in [-0.1, -0.05) is 30.7 Å². The first kappa shape index (κ1) is 17.0. The maximum atomic E-state index is 12.6. The molecule has 0 saturated carbocycles. The molecular formula is C16H18ClN3O3. The zero-order valence-electron chi connectivity index (χ0n) is 12.8. The number of aryl methyl sites for hydroxylation is 1. The van der Waals surface area contributed by atoms with Crippen molar-refractivity contribution in [2.45, 2.75) is 26.4 Å². The molecule has 0 aliphatic carbocycles. The van der Waals surface area contributed by atoms with Gasteiger partial charge < -0.3 is 10.0 Å². The van der Waals surface area contributed by atoms with E-state index in [0.717, 1.165) is 12.0 Å². The molecule has 6 nitrogen and oxygen atoms in total. The summed E-state index contributed by atoms with van der Waals surface area (Å²) in [6.45, 7) is 2.55. The lowest BCUT2D eigenvalue weighted by atomic mass is 10.2. The molecule has 0 aliphatic rings. The molecule has 1 amide bonds. The highest BCUT2D eigenvalue weighted by Gasteiger charge is 2.20. The molecule has 23 heavy (non-hydrogen) atoms. The Morgan fingerprint density at radius 2 is 2.00 bits per heavy atom. The van der Waals surface area contributed by atoms with E-state index in [0.29, 0.717) is 17.1 Å². The molecule has 1 aromatic heterocycles. The normalized spacial score (nSPS) is 10.5. The second-order valence-electron chi connectivity index (χ2n) is 5.17. The average Bonchev–Trinajstić information content (AvgIpc) is 2.96. The monoisotopic (exact) mass is 335 g/mol. The Labute approximate surface area is 139 Å². The summed E-state index contributed by atoms with van der Waals surface area (Å²) < 4.78 is 1.68. The number of carboxylic acids is 1. The molecule has 0 saturated heterocycles. The zero-order valence-corrected chi connectivity index (χ0v) is 13.5. The van der Waals surface area contributed by atoms with Gasteiger partial charge in [-0.25, -0.2) is 0 Å². The van der Waals surface area contributed by atoms with Gasteiger partial charge in [-0.15, -0.1) is 0 Å². The number of amides is 1. The van der Waals surface area contributed by atoms with Crippen LogP contribution in [-0.4, -0.2) is 38.2 Å². The van der Waals surface area contributed by atoms with Crippen LogP contribution in [0.3, 0.4) is 0 Å². The minimum atomic E-state index is -1.06. The van der Waals surface area contributed by atoms with Crippen LogP contribution in [0.4, 0.5) is 0 Å². The third kappa shape index (κ3) is 4.82. The molecule has 0 radical (unpaired) electrons. The lowest BCUT2D eigenvalue weighted by Gasteiger charge is -2.20. The fourth-order valence-electron chi connectivity index (χ4n) is 2.18. The molecule has 1 N–H and O–H groups in total. The van der Waals surface area contributed by atoms with Gasteiger partial charge in [0.25, 0.3) is 5.91 Å². The molecule has 0 spiro atoms. The van der Waals surface area contributed by atoms with Crippen molar-refractivity contribution in [1.82, 2.24) is 14.7 Å². The molecule has 1 aromatic carbocycles. The van der Waals surface area contributed by atoms with Gasteiger partial charge in [-0.2, -0.15) is 5.10 Å². The molecule has 0 aliphatic heterocycles. The van der Waals surface area contributed by atoms with Crippen LogP contribution in [0.2, 0.25) is 5.02 Å². The quantitative estimate of drug-likeness (QED) is 0.844. The number of aliphatic carboxylic acids is 1. The van der Waals surface area contributed by atoms with Gasteiger partial charge in [0.2, 0.25) is 0 Å². The van der Waals surface area contributed by atoms with Crippen molar-refractivity contribution < 1.29 is 14.7 Å². The summed E-state index contributed by atoms with van der Waals surface area (Å²) in [4.78, 5) is 24.9. The van der Waals surface area contributed by atoms with E-state index in [-0.39, 0.29) is 19.0 Å². The van der Waals surface area contributed by atoms with E-state index in [2.05, 4.69) is 5.10 Å². The van der Waals surface area contributed by atoms with Crippen LogP contribution in [0, 0.1) is 0 Å². The van der Waals surface area contributed by atoms with Crippen molar-refractivity contribution in [3.05, 3.63) is 52.8 Å². The zero-order chi connectivity index (χ0) is 16.8. The van der Waals surface area contributed by atoms with Gasteiger partial charge >= 0.3 is 5.97 Å². The molecule has 2 aromatic rings. The van der Waals surface area contributed by atoms with Crippen molar-refractivity contribution in [3.63, 3.8) is 0 Å². The summed E-state index contributed by atoms with van der Waals surface area (Å²) in [6.07, 6.45) is 4.01. The molecule has 122 valence electrons. The Bertz CT molecular complexity index is 682. The Morgan fingerprint density at radius 1 is 1.30 bits per heavy atom. The maximum absolute atomic E-state index is 12.6. The Kier molecular flexibility index (Phi) is 5.76. The second kappa shape index (κ2) is 7.78. The summed E-state index contributed by atoms with van der Waals surface area (Å²) >= 11 is 5.84. The molecule has 0 fully saturated rings. The van der Waals surface area contributed by atoms with E-state index in [4.69, 9.17) is 16.7 Å². The number of carbonyl (C=O) groups is 2. The smallest absolute Gasteiger partial charge is 0.323 e. The van der Waals surface area contributed by atoms with Gasteiger partial charge in [0.15, 0.2) is 0 Å². The summed E-state index contributed by atoms with van der Waals surface area (Å²) in [5.41, 5.74) is 1.19. The lowest BCUT2D eigenvalue weighted by Crippen LogP contribution is -2.35. The van der Waals surface area contributed by atoms with Crippen molar-refractivity contribution in [3.8, 4) is 0 Å². The predicted molar refractivity (Wildman–Crippen MR) is 86.3 cm³/mol. The SMILES string of the molecule is CCCn1cc(C(=O)N(CC(=O)O)Cc2ccc(Cl)cc2)cn1. The highest BCUT2D eigenvalue weighted by molar-refractivity contribution is 6.30. The van der Waals surface area contributed by atoms with Crippen LogP contribution >= 0.6 is 11.6 Å². The number of benzene rings is 1. The molecule has 1 heterocycles. The first-order valence-corrected chi connectivity index (χ1v) is 7.65. The van der Waals surface area contributed by atoms with E-state index in [1.165, 1.54) is 11.1 Å². The van der Waals surface area contributed by atoms with Gasteiger partial charge in [0.05, 0.1) is 11.8 Å². The van der Waals surface area contributed by atoms with Crippen LogP contribution in [0.25, 0.3) is 0 Å². The van der Waals surface area contributed by atoms with Crippen LogP contribution in [-0.2, 0) is 17.9 Å². The Hall–Kier alpha value is -2.34. The number of nitrogens with zero attached hydrogens (tertiary/aromatic N) is 3. The topological polar surface area (TPSA) is 75.4 Å². The number of carboxylic acid groups (broad SMARTS) is 1. The average molecular weight is 336 g/mol. The third-order valence-electron chi connectivity index (χ3n) is 3.23. The minimum absolute atomic E-state index is 0.196. The van der Waals surface area contributed by atoms with Crippen molar-refractivity contribution >= 4 is 23.5 Å². The van der Waals surface area contributed by atoms with E-state index in [9.17, 15) is 9.59 Å². The van der Waals surface area contributed by atoms with Gasteiger partial charge in [0, 0.05) is 24.3 Å². The molecule has 7 heteroatoms. The van der Waals surface area contributed by atoms with Crippen LogP contribution in [0.15, 0.2) is 36.7 Å². The van der Waals surface area contributed by atoms with Crippen molar-refractivity contribution in [2.24, 2.45) is 0 Å². The standard InChI is InChI=1S/C16H18ClN3O3/c1-2-7-20-10-13(8-18-20)16(23)19(11-15(21)22)9-12-3-5-14(17)6-4-12/h3-6,8,10H,2,7,9,11H2,1H3,(H,21,22).